The van der Waals surface area contributed by atoms with E-state index in [4.69, 9.17) is 4.74 Å². The first-order valence-electron chi connectivity index (χ1n) is 8.76. The van der Waals surface area contributed by atoms with Gasteiger partial charge in [-0.25, -0.2) is 4.79 Å². The molecule has 2 heterocycles. The monoisotopic (exact) mass is 398 g/mol. The first kappa shape index (κ1) is 19.9. The summed E-state index contributed by atoms with van der Waals surface area (Å²) >= 11 is 1.32. The molecule has 8 heteroatoms. The van der Waals surface area contributed by atoms with Gasteiger partial charge in [-0.05, 0) is 44.9 Å². The fourth-order valence-corrected chi connectivity index (χ4v) is 4.03. The van der Waals surface area contributed by atoms with E-state index in [9.17, 15) is 9.59 Å². The van der Waals surface area contributed by atoms with Gasteiger partial charge >= 0.3 is 5.97 Å². The number of H-pyrrole nitrogens is 1. The molecule has 0 bridgehead atoms. The number of nitrogens with zero attached hydrogens (tertiary/aromatic N) is 3. The maximum absolute atomic E-state index is 12.8. The standard InChI is InChI=1S/C20H22N4O3S/c1-11-8-6-7-9-15(11)24-14(4)22-23-20(24)28-10-16(25)18-12(2)17(13(3)21-18)19(26)27-5/h6-9,21H,10H2,1-5H3. The Morgan fingerprint density at radius 1 is 1.14 bits per heavy atom. The zero-order chi connectivity index (χ0) is 20.4. The summed E-state index contributed by atoms with van der Waals surface area (Å²) in [6.07, 6.45) is 0. The Kier molecular flexibility index (Phi) is 5.69. The van der Waals surface area contributed by atoms with Crippen LogP contribution in [-0.2, 0) is 4.74 Å². The summed E-state index contributed by atoms with van der Waals surface area (Å²) < 4.78 is 6.75. The third-order valence-electron chi connectivity index (χ3n) is 4.59. The Morgan fingerprint density at radius 3 is 2.54 bits per heavy atom. The number of carbonyl (C=O) groups is 2. The first-order valence-corrected chi connectivity index (χ1v) is 9.75. The summed E-state index contributed by atoms with van der Waals surface area (Å²) in [6.45, 7) is 7.40. The van der Waals surface area contributed by atoms with Crippen LogP contribution in [0.25, 0.3) is 5.69 Å². The number of nitrogens with one attached hydrogen (secondary N) is 1. The van der Waals surface area contributed by atoms with Crippen LogP contribution in [0.5, 0.6) is 0 Å². The number of aryl methyl sites for hydroxylation is 3. The Morgan fingerprint density at radius 2 is 1.86 bits per heavy atom. The topological polar surface area (TPSA) is 89.9 Å². The van der Waals surface area contributed by atoms with E-state index >= 15 is 0 Å². The number of benzene rings is 1. The van der Waals surface area contributed by atoms with Gasteiger partial charge in [0.1, 0.15) is 5.82 Å². The molecule has 0 unspecified atom stereocenters. The van der Waals surface area contributed by atoms with Gasteiger partial charge in [0, 0.05) is 5.69 Å². The zero-order valence-corrected chi connectivity index (χ0v) is 17.3. The Bertz CT molecular complexity index is 1050. The summed E-state index contributed by atoms with van der Waals surface area (Å²) in [5, 5.41) is 9.04. The van der Waals surface area contributed by atoms with Gasteiger partial charge in [-0.3, -0.25) is 9.36 Å². The Hall–Kier alpha value is -2.87. The van der Waals surface area contributed by atoms with Crippen molar-refractivity contribution in [2.75, 3.05) is 12.9 Å². The van der Waals surface area contributed by atoms with Gasteiger partial charge in [0.15, 0.2) is 10.9 Å². The van der Waals surface area contributed by atoms with E-state index in [-0.39, 0.29) is 11.5 Å². The molecule has 0 saturated carbocycles. The minimum absolute atomic E-state index is 0.113. The van der Waals surface area contributed by atoms with Gasteiger partial charge < -0.3 is 9.72 Å². The minimum atomic E-state index is -0.451. The molecule has 0 saturated heterocycles. The first-order chi connectivity index (χ1) is 13.3. The number of ether oxygens (including phenoxy) is 1. The molecular formula is C20H22N4O3S. The molecule has 0 aliphatic carbocycles. The van der Waals surface area contributed by atoms with Gasteiger partial charge in [0.2, 0.25) is 0 Å². The number of Topliss-reactive ketones (excluding diaryl/α,β-unsaturated/α-hetero) is 1. The molecule has 0 aliphatic heterocycles. The van der Waals surface area contributed by atoms with Crippen molar-refractivity contribution >= 4 is 23.5 Å². The number of methoxy groups -OCH3 is 1. The molecule has 1 N–H and O–H groups in total. The van der Waals surface area contributed by atoms with Crippen LogP contribution in [0.3, 0.4) is 0 Å². The fraction of sp³-hybridized carbons (Fsp3) is 0.300. The van der Waals surface area contributed by atoms with Crippen molar-refractivity contribution in [3.63, 3.8) is 0 Å². The van der Waals surface area contributed by atoms with Crippen molar-refractivity contribution < 1.29 is 14.3 Å². The Labute approximate surface area is 167 Å². The quantitative estimate of drug-likeness (QED) is 0.388. The van der Waals surface area contributed by atoms with Crippen LogP contribution < -0.4 is 0 Å². The molecule has 0 aliphatic rings. The maximum Gasteiger partial charge on any atom is 0.339 e. The lowest BCUT2D eigenvalue weighted by molar-refractivity contribution is 0.0599. The molecule has 146 valence electrons. The van der Waals surface area contributed by atoms with Crippen LogP contribution in [0, 0.1) is 27.7 Å². The van der Waals surface area contributed by atoms with Crippen LogP contribution in [0.1, 0.15) is 43.5 Å². The molecule has 0 spiro atoms. The van der Waals surface area contributed by atoms with Gasteiger partial charge in [-0.15, -0.1) is 10.2 Å². The summed E-state index contributed by atoms with van der Waals surface area (Å²) in [7, 11) is 1.33. The normalized spacial score (nSPS) is 10.9. The lowest BCUT2D eigenvalue weighted by Crippen LogP contribution is -2.08. The number of aromatic nitrogens is 4. The molecule has 0 radical (unpaired) electrons. The van der Waals surface area contributed by atoms with E-state index < -0.39 is 5.97 Å². The highest BCUT2D eigenvalue weighted by molar-refractivity contribution is 7.99. The molecule has 0 atom stereocenters. The number of carbonyl (C=O) groups excluding carboxylic acids is 2. The van der Waals surface area contributed by atoms with Gasteiger partial charge in [-0.2, -0.15) is 0 Å². The summed E-state index contributed by atoms with van der Waals surface area (Å²) in [5.74, 6) is 0.362. The molecule has 1 aromatic carbocycles. The lowest BCUT2D eigenvalue weighted by atomic mass is 10.1. The number of hydrogen-bond acceptors (Lipinski definition) is 6. The minimum Gasteiger partial charge on any atom is -0.465 e. The van der Waals surface area contributed by atoms with Crippen molar-refractivity contribution in [3.05, 3.63) is 58.2 Å². The highest BCUT2D eigenvalue weighted by Gasteiger charge is 2.23. The van der Waals surface area contributed by atoms with E-state index in [0.717, 1.165) is 17.1 Å². The predicted molar refractivity (Wildman–Crippen MR) is 107 cm³/mol. The van der Waals surface area contributed by atoms with Crippen molar-refractivity contribution in [2.24, 2.45) is 0 Å². The van der Waals surface area contributed by atoms with Crippen molar-refractivity contribution in [3.8, 4) is 5.69 Å². The van der Waals surface area contributed by atoms with Crippen LogP contribution in [-0.4, -0.2) is 44.4 Å². The molecule has 0 fully saturated rings. The molecule has 0 amide bonds. The van der Waals surface area contributed by atoms with Crippen LogP contribution in [0.4, 0.5) is 0 Å². The predicted octanol–water partition coefficient (Wildman–Crippen LogP) is 3.59. The van der Waals surface area contributed by atoms with Gasteiger partial charge in [0.05, 0.1) is 29.8 Å². The van der Waals surface area contributed by atoms with Crippen molar-refractivity contribution in [2.45, 2.75) is 32.9 Å². The smallest absolute Gasteiger partial charge is 0.339 e. The Balaban J connectivity index is 1.84. The van der Waals surface area contributed by atoms with Crippen LogP contribution >= 0.6 is 11.8 Å². The third kappa shape index (κ3) is 3.60. The number of rotatable bonds is 6. The third-order valence-corrected chi connectivity index (χ3v) is 5.52. The maximum atomic E-state index is 12.8. The summed E-state index contributed by atoms with van der Waals surface area (Å²) in [5.41, 5.74) is 4.14. The highest BCUT2D eigenvalue weighted by atomic mass is 32.2. The number of para-hydroxylation sites is 1. The average molecular weight is 398 g/mol. The molecule has 7 nitrogen and oxygen atoms in total. The van der Waals surface area contributed by atoms with Crippen molar-refractivity contribution in [1.82, 2.24) is 19.7 Å². The van der Waals surface area contributed by atoms with E-state index in [2.05, 4.69) is 15.2 Å². The second-order valence-corrected chi connectivity index (χ2v) is 7.42. The number of aromatic amines is 1. The number of thioether (sulfide) groups is 1. The molecule has 3 rings (SSSR count). The summed E-state index contributed by atoms with van der Waals surface area (Å²) in [4.78, 5) is 27.7. The average Bonchev–Trinajstić information content (AvgIpc) is 3.19. The van der Waals surface area contributed by atoms with Crippen LogP contribution in [0.2, 0.25) is 0 Å². The van der Waals surface area contributed by atoms with Gasteiger partial charge in [0.25, 0.3) is 0 Å². The number of ketones is 1. The molecule has 3 aromatic rings. The number of esters is 1. The van der Waals surface area contributed by atoms with Gasteiger partial charge in [-0.1, -0.05) is 30.0 Å². The van der Waals surface area contributed by atoms with E-state index in [1.807, 2.05) is 42.7 Å². The second kappa shape index (κ2) is 8.02. The highest BCUT2D eigenvalue weighted by Crippen LogP contribution is 2.26. The van der Waals surface area contributed by atoms with Crippen molar-refractivity contribution in [1.29, 1.82) is 0 Å². The van der Waals surface area contributed by atoms with E-state index in [1.165, 1.54) is 18.9 Å². The largest absolute Gasteiger partial charge is 0.465 e. The molecule has 28 heavy (non-hydrogen) atoms. The van der Waals surface area contributed by atoms with E-state index in [0.29, 0.717) is 27.7 Å². The van der Waals surface area contributed by atoms with Crippen LogP contribution in [0.15, 0.2) is 29.4 Å². The second-order valence-electron chi connectivity index (χ2n) is 6.48. The molecular weight excluding hydrogens is 376 g/mol. The fourth-order valence-electron chi connectivity index (χ4n) is 3.17. The van der Waals surface area contributed by atoms with E-state index in [1.54, 1.807) is 13.8 Å². The number of hydrogen-bond donors (Lipinski definition) is 1. The lowest BCUT2D eigenvalue weighted by Gasteiger charge is -2.10. The zero-order valence-electron chi connectivity index (χ0n) is 16.5. The molecule has 2 aromatic heterocycles. The SMILES string of the molecule is COC(=O)c1c(C)[nH]c(C(=O)CSc2nnc(C)n2-c2ccccc2C)c1C. The summed E-state index contributed by atoms with van der Waals surface area (Å²) in [6, 6.07) is 7.96.